The molecule has 6 nitrogen and oxygen atoms in total. The first-order valence-corrected chi connectivity index (χ1v) is 9.37. The van der Waals surface area contributed by atoms with Gasteiger partial charge >= 0.3 is 0 Å². The molecular weight excluding hydrogens is 408 g/mol. The summed E-state index contributed by atoms with van der Waals surface area (Å²) in [6.45, 7) is 0. The Hall–Kier alpha value is -4.58. The van der Waals surface area contributed by atoms with Gasteiger partial charge in [0.15, 0.2) is 0 Å². The molecule has 0 bridgehead atoms. The lowest BCUT2D eigenvalue weighted by Gasteiger charge is -1.98. The normalized spacial score (nSPS) is 8.75. The summed E-state index contributed by atoms with van der Waals surface area (Å²) in [7, 11) is 0. The summed E-state index contributed by atoms with van der Waals surface area (Å²) in [5.74, 6) is 0. The smallest absolute Gasteiger partial charge is 0.0184 e. The zero-order valence-corrected chi connectivity index (χ0v) is 17.0. The third-order valence-electron chi connectivity index (χ3n) is 3.76. The molecule has 0 aliphatic heterocycles. The predicted molar refractivity (Wildman–Crippen MR) is 115 cm³/mol. The summed E-state index contributed by atoms with van der Waals surface area (Å²) < 4.78 is 0. The van der Waals surface area contributed by atoms with E-state index in [2.05, 4.69) is 97.1 Å². The molecule has 0 radical (unpaired) electrons. The highest BCUT2D eigenvalue weighted by Gasteiger charge is 1.92. The molecule has 0 unspecified atom stereocenters. The van der Waals surface area contributed by atoms with Crippen molar-refractivity contribution in [3.63, 3.8) is 0 Å². The van der Waals surface area contributed by atoms with E-state index in [0.717, 1.165) is 0 Å². The van der Waals surface area contributed by atoms with Crippen LogP contribution < -0.4 is 20.4 Å². The molecule has 4 rings (SSSR count). The molecule has 0 N–H and O–H groups in total. The Morgan fingerprint density at radius 3 is 0.594 bits per heavy atom. The number of carbonyl (C=O) groups is 2. The minimum Gasteiger partial charge on any atom is -0.652 e. The van der Waals surface area contributed by atoms with Gasteiger partial charge in [-0.2, -0.15) is 0 Å². The Bertz CT molecular complexity index is 851. The molecule has 164 valence electrons. The van der Waals surface area contributed by atoms with Crippen LogP contribution in [0.3, 0.4) is 0 Å². The number of hydrogen-bond acceptors (Lipinski definition) is 6. The van der Waals surface area contributed by atoms with Crippen LogP contribution in [0.15, 0.2) is 121 Å². The van der Waals surface area contributed by atoms with Crippen molar-refractivity contribution in [3.8, 4) is 22.3 Å². The molecule has 0 atom stereocenters. The minimum absolute atomic E-state index is 1.28. The van der Waals surface area contributed by atoms with E-state index in [-0.39, 0.29) is 0 Å². The predicted octanol–water partition coefficient (Wildman–Crippen LogP) is 1.81. The van der Waals surface area contributed by atoms with Crippen LogP contribution in [0.1, 0.15) is 0 Å². The van der Waals surface area contributed by atoms with E-state index >= 15 is 0 Å². The largest absolute Gasteiger partial charge is 0.652 e. The maximum absolute atomic E-state index is 8.33. The molecular formula is C26H20O6-4. The Balaban J connectivity index is 0.000000242. The highest BCUT2D eigenvalue weighted by atomic mass is 16.6. The second-order valence-corrected chi connectivity index (χ2v) is 5.96. The van der Waals surface area contributed by atoms with E-state index in [1.807, 2.05) is 24.3 Å². The Morgan fingerprint density at radius 1 is 0.344 bits per heavy atom. The van der Waals surface area contributed by atoms with Crippen LogP contribution in [0.2, 0.25) is 0 Å². The van der Waals surface area contributed by atoms with Crippen LogP contribution in [-0.4, -0.2) is 12.3 Å². The summed E-state index contributed by atoms with van der Waals surface area (Å²) >= 11 is 0. The van der Waals surface area contributed by atoms with Gasteiger partial charge in [0.2, 0.25) is 0 Å². The first-order chi connectivity index (χ1) is 15.4. The highest BCUT2D eigenvalue weighted by molar-refractivity contribution is 5.63. The maximum atomic E-state index is 8.33. The fourth-order valence-electron chi connectivity index (χ4n) is 2.52. The zero-order chi connectivity index (χ0) is 23.6. The van der Waals surface area contributed by atoms with Gasteiger partial charge in [-0.3, -0.25) is 0 Å². The number of carbonyl (C=O) groups excluding carboxylic acids is 2. The minimum atomic E-state index is -2.33. The molecule has 0 aromatic heterocycles. The van der Waals surface area contributed by atoms with Gasteiger partial charge in [-0.25, -0.2) is 0 Å². The molecule has 0 aliphatic carbocycles. The topological polar surface area (TPSA) is 126 Å². The lowest BCUT2D eigenvalue weighted by atomic mass is 10.1. The molecule has 0 fully saturated rings. The highest BCUT2D eigenvalue weighted by Crippen LogP contribution is 2.18. The third-order valence-corrected chi connectivity index (χ3v) is 3.76. The van der Waals surface area contributed by atoms with Crippen LogP contribution in [0.5, 0.6) is 0 Å². The summed E-state index contributed by atoms with van der Waals surface area (Å²) in [5, 5.41) is 33.3. The van der Waals surface area contributed by atoms with E-state index in [1.165, 1.54) is 22.3 Å². The van der Waals surface area contributed by atoms with Crippen LogP contribution >= 0.6 is 0 Å². The van der Waals surface area contributed by atoms with Gasteiger partial charge in [-0.15, -0.1) is 0 Å². The van der Waals surface area contributed by atoms with E-state index in [1.54, 1.807) is 0 Å². The third kappa shape index (κ3) is 12.1. The van der Waals surface area contributed by atoms with Crippen molar-refractivity contribution < 1.29 is 30.0 Å². The first-order valence-electron chi connectivity index (χ1n) is 9.37. The maximum Gasteiger partial charge on any atom is -0.0184 e. The Kier molecular flexibility index (Phi) is 12.2. The van der Waals surface area contributed by atoms with Gasteiger partial charge in [-0.1, -0.05) is 121 Å². The van der Waals surface area contributed by atoms with Crippen molar-refractivity contribution in [3.05, 3.63) is 121 Å². The average Bonchev–Trinajstić information content (AvgIpc) is 2.81. The van der Waals surface area contributed by atoms with Crippen molar-refractivity contribution in [2.24, 2.45) is 0 Å². The van der Waals surface area contributed by atoms with Gasteiger partial charge in [0, 0.05) is 0 Å². The first kappa shape index (κ1) is 25.5. The lowest BCUT2D eigenvalue weighted by molar-refractivity contribution is -0.417. The number of rotatable bonds is 2. The van der Waals surface area contributed by atoms with Gasteiger partial charge in [-0.05, 0) is 34.6 Å². The Labute approximate surface area is 186 Å². The quantitative estimate of drug-likeness (QED) is 0.479. The average molecular weight is 428 g/mol. The molecule has 6 heteroatoms. The van der Waals surface area contributed by atoms with Crippen LogP contribution in [-0.2, 0) is 0 Å². The molecule has 0 spiro atoms. The summed E-state index contributed by atoms with van der Waals surface area (Å²) in [6.07, 6.45) is -4.67. The molecule has 0 saturated carbocycles. The monoisotopic (exact) mass is 428 g/mol. The molecule has 0 saturated heterocycles. The van der Waals surface area contributed by atoms with Crippen molar-refractivity contribution in [1.82, 2.24) is 0 Å². The van der Waals surface area contributed by atoms with Crippen molar-refractivity contribution in [2.45, 2.75) is 0 Å². The van der Waals surface area contributed by atoms with Crippen molar-refractivity contribution >= 4 is 12.3 Å². The van der Waals surface area contributed by atoms with Gasteiger partial charge in [0.25, 0.3) is 0 Å². The van der Waals surface area contributed by atoms with Crippen LogP contribution in [0, 0.1) is 0 Å². The lowest BCUT2D eigenvalue weighted by Crippen LogP contribution is -2.37. The molecule has 4 aromatic carbocycles. The second kappa shape index (κ2) is 15.3. The molecule has 0 heterocycles. The Morgan fingerprint density at radius 2 is 0.469 bits per heavy atom. The standard InChI is InChI=1S/2C12H10.2CH2O3/c2*1-3-7-11(8-4-1)12-9-5-2-6-10-12;2*2-1(3)4/h2*1-10H;2*(H2,2,3,4)/p-4. The van der Waals surface area contributed by atoms with Gasteiger partial charge in [0.05, 0.1) is 0 Å². The van der Waals surface area contributed by atoms with Crippen molar-refractivity contribution in [1.29, 1.82) is 0 Å². The fourth-order valence-corrected chi connectivity index (χ4v) is 2.52. The molecule has 4 aromatic rings. The van der Waals surface area contributed by atoms with Crippen LogP contribution in [0.4, 0.5) is 9.59 Å². The van der Waals surface area contributed by atoms with E-state index in [9.17, 15) is 0 Å². The summed E-state index contributed by atoms with van der Waals surface area (Å²) in [5.41, 5.74) is 5.10. The van der Waals surface area contributed by atoms with Gasteiger partial charge < -0.3 is 30.0 Å². The SMILES string of the molecule is O=C([O-])[O-].O=C([O-])[O-].c1ccc(-c2ccccc2)cc1.c1ccc(-c2ccccc2)cc1. The fraction of sp³-hybridized carbons (Fsp3) is 0. The summed E-state index contributed by atoms with van der Waals surface area (Å²) in [4.78, 5) is 16.7. The second-order valence-electron chi connectivity index (χ2n) is 5.96. The number of benzene rings is 4. The van der Waals surface area contributed by atoms with Crippen molar-refractivity contribution in [2.75, 3.05) is 0 Å². The zero-order valence-electron chi connectivity index (χ0n) is 17.0. The van der Waals surface area contributed by atoms with Crippen LogP contribution in [0.25, 0.3) is 22.3 Å². The molecule has 32 heavy (non-hydrogen) atoms. The summed E-state index contributed by atoms with van der Waals surface area (Å²) in [6, 6.07) is 41.6. The molecule has 0 amide bonds. The number of carboxylic acid groups (broad SMARTS) is 4. The van der Waals surface area contributed by atoms with E-state index < -0.39 is 12.3 Å². The van der Waals surface area contributed by atoms with E-state index in [0.29, 0.717) is 0 Å². The number of hydrogen-bond donors (Lipinski definition) is 0. The molecule has 0 aliphatic rings. The van der Waals surface area contributed by atoms with E-state index in [4.69, 9.17) is 30.0 Å². The van der Waals surface area contributed by atoms with Gasteiger partial charge in [0.1, 0.15) is 0 Å².